The molecule has 1 fully saturated rings. The standard InChI is InChI=1S/C31H36N6S/c1-37(2)29-26-15-9-10-16-28(26)35-30(36-29)33-24-17-19-25(20-18-24)34-31(38)32-21-27(22-11-5-3-6-12-22)23-13-7-4-8-14-23/h3-16,24-25,27H,17-21H2,1-2H3,(H2,32,34,38)(H,33,35,36). The van der Waals surface area contributed by atoms with E-state index in [1.807, 2.05) is 37.2 Å². The van der Waals surface area contributed by atoms with E-state index in [1.54, 1.807) is 0 Å². The molecule has 1 saturated carbocycles. The van der Waals surface area contributed by atoms with Crippen molar-refractivity contribution in [3.05, 3.63) is 96.1 Å². The molecule has 7 heteroatoms. The molecular weight excluding hydrogens is 488 g/mol. The highest BCUT2D eigenvalue weighted by molar-refractivity contribution is 7.80. The largest absolute Gasteiger partial charge is 0.362 e. The van der Waals surface area contributed by atoms with Crippen LogP contribution in [-0.2, 0) is 0 Å². The summed E-state index contributed by atoms with van der Waals surface area (Å²) >= 11 is 5.71. The smallest absolute Gasteiger partial charge is 0.225 e. The Kier molecular flexibility index (Phi) is 8.34. The van der Waals surface area contributed by atoms with Crippen LogP contribution < -0.4 is 20.9 Å². The van der Waals surface area contributed by atoms with Crippen LogP contribution in [0.15, 0.2) is 84.9 Å². The maximum absolute atomic E-state index is 5.71. The maximum Gasteiger partial charge on any atom is 0.225 e. The van der Waals surface area contributed by atoms with Crippen LogP contribution in [0.25, 0.3) is 10.9 Å². The van der Waals surface area contributed by atoms with Crippen molar-refractivity contribution in [3.63, 3.8) is 0 Å². The highest BCUT2D eigenvalue weighted by Crippen LogP contribution is 2.27. The second-order valence-corrected chi connectivity index (χ2v) is 10.6. The van der Waals surface area contributed by atoms with E-state index in [9.17, 15) is 0 Å². The van der Waals surface area contributed by atoms with Gasteiger partial charge in [-0.1, -0.05) is 72.8 Å². The van der Waals surface area contributed by atoms with E-state index in [2.05, 4.69) is 82.7 Å². The van der Waals surface area contributed by atoms with Crippen molar-refractivity contribution in [2.75, 3.05) is 30.9 Å². The average molecular weight is 525 g/mol. The summed E-state index contributed by atoms with van der Waals surface area (Å²) in [7, 11) is 4.04. The van der Waals surface area contributed by atoms with Gasteiger partial charge < -0.3 is 20.9 Å². The molecule has 0 unspecified atom stereocenters. The average Bonchev–Trinajstić information content (AvgIpc) is 2.95. The first kappa shape index (κ1) is 25.9. The van der Waals surface area contributed by atoms with Gasteiger partial charge in [0.1, 0.15) is 5.82 Å². The van der Waals surface area contributed by atoms with Gasteiger partial charge in [0.15, 0.2) is 5.11 Å². The minimum atomic E-state index is 0.242. The molecule has 1 heterocycles. The van der Waals surface area contributed by atoms with Crippen LogP contribution in [0.4, 0.5) is 11.8 Å². The number of hydrogen-bond donors (Lipinski definition) is 3. The van der Waals surface area contributed by atoms with Crippen LogP contribution in [-0.4, -0.2) is 47.8 Å². The predicted octanol–water partition coefficient (Wildman–Crippen LogP) is 5.72. The van der Waals surface area contributed by atoms with Crippen molar-refractivity contribution < 1.29 is 0 Å². The molecule has 5 rings (SSSR count). The van der Waals surface area contributed by atoms with Gasteiger partial charge in [0.2, 0.25) is 5.95 Å². The molecule has 0 aliphatic heterocycles. The minimum absolute atomic E-state index is 0.242. The minimum Gasteiger partial charge on any atom is -0.362 e. The van der Waals surface area contributed by atoms with Crippen molar-refractivity contribution >= 4 is 40.0 Å². The first-order chi connectivity index (χ1) is 18.6. The molecule has 0 bridgehead atoms. The maximum atomic E-state index is 5.71. The molecule has 0 radical (unpaired) electrons. The fraction of sp³-hybridized carbons (Fsp3) is 0.323. The molecule has 0 atom stereocenters. The summed E-state index contributed by atoms with van der Waals surface area (Å²) in [6, 6.07) is 30.1. The molecule has 1 aliphatic rings. The van der Waals surface area contributed by atoms with Crippen molar-refractivity contribution in [1.82, 2.24) is 20.6 Å². The van der Waals surface area contributed by atoms with Gasteiger partial charge in [0.05, 0.1) is 5.52 Å². The van der Waals surface area contributed by atoms with Crippen LogP contribution in [0, 0.1) is 0 Å². The summed E-state index contributed by atoms with van der Waals surface area (Å²) < 4.78 is 0. The number of aromatic nitrogens is 2. The third-order valence-corrected chi connectivity index (χ3v) is 7.54. The summed E-state index contributed by atoms with van der Waals surface area (Å²) in [6.07, 6.45) is 4.19. The fourth-order valence-corrected chi connectivity index (χ4v) is 5.51. The Bertz CT molecular complexity index is 1300. The normalized spacial score (nSPS) is 17.2. The second kappa shape index (κ2) is 12.2. The van der Waals surface area contributed by atoms with E-state index in [0.717, 1.165) is 54.1 Å². The van der Waals surface area contributed by atoms with Crippen molar-refractivity contribution in [2.45, 2.75) is 43.7 Å². The van der Waals surface area contributed by atoms with Crippen LogP contribution in [0.1, 0.15) is 42.7 Å². The van der Waals surface area contributed by atoms with Crippen LogP contribution >= 0.6 is 12.2 Å². The number of nitrogens with one attached hydrogen (secondary N) is 3. The third kappa shape index (κ3) is 6.40. The number of thiocarbonyl (C=S) groups is 1. The van der Waals surface area contributed by atoms with E-state index < -0.39 is 0 Å². The van der Waals surface area contributed by atoms with E-state index >= 15 is 0 Å². The zero-order chi connectivity index (χ0) is 26.3. The number of anilines is 2. The lowest BCUT2D eigenvalue weighted by Gasteiger charge is -2.31. The molecule has 4 aromatic rings. The monoisotopic (exact) mass is 524 g/mol. The Morgan fingerprint density at radius 1 is 0.816 bits per heavy atom. The summed E-state index contributed by atoms with van der Waals surface area (Å²) in [5, 5.41) is 12.4. The lowest BCUT2D eigenvalue weighted by Crippen LogP contribution is -2.45. The molecule has 1 aromatic heterocycles. The number of para-hydroxylation sites is 1. The van der Waals surface area contributed by atoms with Gasteiger partial charge >= 0.3 is 0 Å². The molecule has 3 aromatic carbocycles. The Labute approximate surface area is 230 Å². The molecule has 0 amide bonds. The number of hydrogen-bond acceptors (Lipinski definition) is 5. The highest BCUT2D eigenvalue weighted by atomic mass is 32.1. The topological polar surface area (TPSA) is 65.1 Å². The van der Waals surface area contributed by atoms with Gasteiger partial charge in [0, 0.05) is 44.0 Å². The van der Waals surface area contributed by atoms with E-state index in [4.69, 9.17) is 22.2 Å². The van der Waals surface area contributed by atoms with Crippen LogP contribution in [0.3, 0.4) is 0 Å². The molecule has 0 spiro atoms. The van der Waals surface area contributed by atoms with Crippen molar-refractivity contribution in [3.8, 4) is 0 Å². The second-order valence-electron chi connectivity index (χ2n) is 10.2. The summed E-state index contributed by atoms with van der Waals surface area (Å²) in [6.45, 7) is 0.754. The van der Waals surface area contributed by atoms with Gasteiger partial charge in [-0.05, 0) is 61.2 Å². The van der Waals surface area contributed by atoms with Crippen LogP contribution in [0.5, 0.6) is 0 Å². The molecule has 38 heavy (non-hydrogen) atoms. The first-order valence-corrected chi connectivity index (χ1v) is 13.8. The van der Waals surface area contributed by atoms with Crippen LogP contribution in [0.2, 0.25) is 0 Å². The first-order valence-electron chi connectivity index (χ1n) is 13.4. The lowest BCUT2D eigenvalue weighted by molar-refractivity contribution is 0.385. The SMILES string of the molecule is CN(C)c1nc(NC2CCC(NC(=S)NCC(c3ccccc3)c3ccccc3)CC2)nc2ccccc12. The Balaban J connectivity index is 1.14. The van der Waals surface area contributed by atoms with Gasteiger partial charge in [-0.2, -0.15) is 4.98 Å². The molecule has 196 valence electrons. The summed E-state index contributed by atoms with van der Waals surface area (Å²) in [5.41, 5.74) is 3.53. The number of fused-ring (bicyclic) bond motifs is 1. The molecule has 1 aliphatic carbocycles. The van der Waals surface area contributed by atoms with E-state index in [1.165, 1.54) is 11.1 Å². The van der Waals surface area contributed by atoms with E-state index in [0.29, 0.717) is 18.0 Å². The quantitative estimate of drug-likeness (QED) is 0.255. The van der Waals surface area contributed by atoms with Gasteiger partial charge in [0.25, 0.3) is 0 Å². The lowest BCUT2D eigenvalue weighted by atomic mass is 9.91. The molecule has 0 saturated heterocycles. The predicted molar refractivity (Wildman–Crippen MR) is 162 cm³/mol. The Hall–Kier alpha value is -3.71. The molecule has 6 nitrogen and oxygen atoms in total. The number of rotatable bonds is 8. The number of benzene rings is 3. The van der Waals surface area contributed by atoms with Crippen molar-refractivity contribution in [2.24, 2.45) is 0 Å². The fourth-order valence-electron chi connectivity index (χ4n) is 5.26. The summed E-state index contributed by atoms with van der Waals surface area (Å²) in [4.78, 5) is 11.6. The van der Waals surface area contributed by atoms with Gasteiger partial charge in [-0.25, -0.2) is 4.98 Å². The van der Waals surface area contributed by atoms with E-state index in [-0.39, 0.29) is 5.92 Å². The molecular formula is C31H36N6S. The zero-order valence-electron chi connectivity index (χ0n) is 22.1. The third-order valence-electron chi connectivity index (χ3n) is 7.27. The highest BCUT2D eigenvalue weighted by Gasteiger charge is 2.23. The van der Waals surface area contributed by atoms with Gasteiger partial charge in [-0.3, -0.25) is 0 Å². The Morgan fingerprint density at radius 3 is 2.03 bits per heavy atom. The Morgan fingerprint density at radius 2 is 1.39 bits per heavy atom. The number of nitrogens with zero attached hydrogens (tertiary/aromatic N) is 3. The van der Waals surface area contributed by atoms with Gasteiger partial charge in [-0.15, -0.1) is 0 Å². The molecule has 3 N–H and O–H groups in total. The summed E-state index contributed by atoms with van der Waals surface area (Å²) in [5.74, 6) is 1.88. The van der Waals surface area contributed by atoms with Crippen molar-refractivity contribution in [1.29, 1.82) is 0 Å². The zero-order valence-corrected chi connectivity index (χ0v) is 22.9.